The van der Waals surface area contributed by atoms with Crippen molar-refractivity contribution in [3.8, 4) is 0 Å². The molecule has 0 aliphatic carbocycles. The van der Waals surface area contributed by atoms with Crippen molar-refractivity contribution >= 4 is 29.0 Å². The smallest absolute Gasteiger partial charge is 0.371 e. The number of aryl methyl sites for hydroxylation is 2. The number of anilines is 2. The first-order valence-corrected chi connectivity index (χ1v) is 9.46. The van der Waals surface area contributed by atoms with E-state index in [9.17, 15) is 19.7 Å². The fourth-order valence-corrected chi connectivity index (χ4v) is 3.43. The van der Waals surface area contributed by atoms with Crippen molar-refractivity contribution in [2.75, 3.05) is 23.3 Å². The van der Waals surface area contributed by atoms with Gasteiger partial charge in [0.05, 0.1) is 0 Å². The number of benzene rings is 1. The van der Waals surface area contributed by atoms with Gasteiger partial charge < -0.3 is 30.6 Å². The summed E-state index contributed by atoms with van der Waals surface area (Å²) < 4.78 is 1.59. The highest BCUT2D eigenvalue weighted by molar-refractivity contribution is 5.90. The Hall–Kier alpha value is -3.43. The number of nitrogens with zero attached hydrogens (tertiary/aromatic N) is 4. The van der Waals surface area contributed by atoms with Gasteiger partial charge in [0.25, 0.3) is 0 Å². The normalized spacial score (nSPS) is 14.6. The molecule has 3 N–H and O–H groups in total. The van der Waals surface area contributed by atoms with E-state index in [2.05, 4.69) is 15.2 Å². The van der Waals surface area contributed by atoms with Crippen LogP contribution in [0.2, 0.25) is 0 Å². The van der Waals surface area contributed by atoms with Crippen LogP contribution in [0.5, 0.6) is 0 Å². The standard InChI is InChI=1S/C19H24N6O4/c1-13-21-17(25(28)29)12-24(13)11-8-18(26)22-15-2-4-16(5-3-15)23-9-6-14(7-10-23)19(20)27/h2-5,12,14H,6-11H2,1H3,(H2,20,27)(H,22,26). The van der Waals surface area contributed by atoms with Gasteiger partial charge in [0.2, 0.25) is 17.6 Å². The number of amides is 2. The van der Waals surface area contributed by atoms with Gasteiger partial charge in [-0.15, -0.1) is 0 Å². The molecule has 2 heterocycles. The molecule has 1 aliphatic heterocycles. The van der Waals surface area contributed by atoms with Crippen LogP contribution in [-0.2, 0) is 16.1 Å². The van der Waals surface area contributed by atoms with Gasteiger partial charge in [-0.05, 0) is 47.0 Å². The van der Waals surface area contributed by atoms with Gasteiger partial charge in [0.1, 0.15) is 6.20 Å². The van der Waals surface area contributed by atoms with Crippen LogP contribution in [0.4, 0.5) is 17.2 Å². The highest BCUT2D eigenvalue weighted by Crippen LogP contribution is 2.24. The third-order valence-electron chi connectivity index (χ3n) is 5.14. The van der Waals surface area contributed by atoms with Gasteiger partial charge in [-0.3, -0.25) is 9.59 Å². The predicted octanol–water partition coefficient (Wildman–Crippen LogP) is 1.83. The van der Waals surface area contributed by atoms with Crippen LogP contribution in [0.25, 0.3) is 0 Å². The summed E-state index contributed by atoms with van der Waals surface area (Å²) in [5, 5.41) is 13.6. The lowest BCUT2D eigenvalue weighted by Crippen LogP contribution is -2.38. The molecule has 1 aromatic heterocycles. The van der Waals surface area contributed by atoms with Gasteiger partial charge in [-0.25, -0.2) is 0 Å². The van der Waals surface area contributed by atoms with Crippen LogP contribution in [-0.4, -0.2) is 39.4 Å². The average molecular weight is 400 g/mol. The minimum atomic E-state index is -0.554. The summed E-state index contributed by atoms with van der Waals surface area (Å²) >= 11 is 0. The average Bonchev–Trinajstić information content (AvgIpc) is 3.08. The second-order valence-corrected chi connectivity index (χ2v) is 7.11. The zero-order chi connectivity index (χ0) is 21.0. The van der Waals surface area contributed by atoms with E-state index in [0.717, 1.165) is 31.6 Å². The molecule has 2 aromatic rings. The van der Waals surface area contributed by atoms with Crippen molar-refractivity contribution in [3.05, 3.63) is 46.4 Å². The van der Waals surface area contributed by atoms with Crippen LogP contribution < -0.4 is 16.0 Å². The Balaban J connectivity index is 1.50. The Labute approximate surface area is 167 Å². The van der Waals surface area contributed by atoms with E-state index in [4.69, 9.17) is 5.73 Å². The summed E-state index contributed by atoms with van der Waals surface area (Å²) in [7, 11) is 0. The molecule has 1 saturated heterocycles. The summed E-state index contributed by atoms with van der Waals surface area (Å²) in [4.78, 5) is 39.7. The van der Waals surface area contributed by atoms with Crippen LogP contribution >= 0.6 is 0 Å². The topological polar surface area (TPSA) is 136 Å². The van der Waals surface area contributed by atoms with Crippen LogP contribution in [0, 0.1) is 23.0 Å². The SMILES string of the molecule is Cc1nc([N+](=O)[O-])cn1CCC(=O)Nc1ccc(N2CCC(C(N)=O)CC2)cc1. The molecule has 10 nitrogen and oxygen atoms in total. The summed E-state index contributed by atoms with van der Waals surface area (Å²) in [6.07, 6.45) is 3.01. The third-order valence-corrected chi connectivity index (χ3v) is 5.14. The van der Waals surface area contributed by atoms with E-state index in [1.54, 1.807) is 11.5 Å². The number of hydrogen-bond donors (Lipinski definition) is 2. The zero-order valence-electron chi connectivity index (χ0n) is 16.2. The fourth-order valence-electron chi connectivity index (χ4n) is 3.43. The maximum absolute atomic E-state index is 12.2. The van der Waals surface area contributed by atoms with Crippen molar-refractivity contribution in [2.45, 2.75) is 32.7 Å². The lowest BCUT2D eigenvalue weighted by Gasteiger charge is -2.32. The fraction of sp³-hybridized carbons (Fsp3) is 0.421. The Morgan fingerprint density at radius 3 is 2.48 bits per heavy atom. The van der Waals surface area contributed by atoms with Crippen LogP contribution in [0.1, 0.15) is 25.1 Å². The molecule has 154 valence electrons. The van der Waals surface area contributed by atoms with Gasteiger partial charge in [0, 0.05) is 50.3 Å². The van der Waals surface area contributed by atoms with Gasteiger partial charge in [0.15, 0.2) is 0 Å². The number of aromatic nitrogens is 2. The molecule has 0 spiro atoms. The second kappa shape index (κ2) is 8.72. The Bertz CT molecular complexity index is 900. The molecular formula is C19H24N6O4. The molecule has 3 rings (SSSR count). The lowest BCUT2D eigenvalue weighted by atomic mass is 9.96. The van der Waals surface area contributed by atoms with E-state index in [1.807, 2.05) is 24.3 Å². The number of hydrogen-bond acceptors (Lipinski definition) is 6. The predicted molar refractivity (Wildman–Crippen MR) is 107 cm³/mol. The number of carbonyl (C=O) groups is 2. The number of nitrogens with one attached hydrogen (secondary N) is 1. The monoisotopic (exact) mass is 400 g/mol. The number of primary amides is 1. The summed E-state index contributed by atoms with van der Waals surface area (Å²) in [6.45, 7) is 3.52. The number of piperidine rings is 1. The molecule has 0 atom stereocenters. The largest absolute Gasteiger partial charge is 0.381 e. The van der Waals surface area contributed by atoms with E-state index in [1.165, 1.54) is 6.20 Å². The molecule has 10 heteroatoms. The van der Waals surface area contributed by atoms with E-state index < -0.39 is 4.92 Å². The Morgan fingerprint density at radius 1 is 1.28 bits per heavy atom. The lowest BCUT2D eigenvalue weighted by molar-refractivity contribution is -0.389. The highest BCUT2D eigenvalue weighted by Gasteiger charge is 2.23. The summed E-state index contributed by atoms with van der Waals surface area (Å²) in [5.74, 6) is -0.198. The van der Waals surface area contributed by atoms with Gasteiger partial charge in [-0.2, -0.15) is 0 Å². The third kappa shape index (κ3) is 5.09. The Kier molecular flexibility index (Phi) is 6.10. The molecule has 1 fully saturated rings. The number of nitrogens with two attached hydrogens (primary N) is 1. The molecule has 0 unspecified atom stereocenters. The molecule has 0 bridgehead atoms. The Morgan fingerprint density at radius 2 is 1.93 bits per heavy atom. The first-order valence-electron chi connectivity index (χ1n) is 9.46. The van der Waals surface area contributed by atoms with Crippen molar-refractivity contribution in [1.29, 1.82) is 0 Å². The van der Waals surface area contributed by atoms with Crippen molar-refractivity contribution < 1.29 is 14.5 Å². The highest BCUT2D eigenvalue weighted by atomic mass is 16.6. The van der Waals surface area contributed by atoms with E-state index in [0.29, 0.717) is 18.1 Å². The molecule has 1 aliphatic rings. The minimum Gasteiger partial charge on any atom is -0.371 e. The number of nitro groups is 1. The van der Waals surface area contributed by atoms with Crippen molar-refractivity contribution in [3.63, 3.8) is 0 Å². The van der Waals surface area contributed by atoms with Crippen LogP contribution in [0.3, 0.4) is 0 Å². The number of imidazole rings is 1. The van der Waals surface area contributed by atoms with E-state index in [-0.39, 0.29) is 30.0 Å². The maximum atomic E-state index is 12.2. The summed E-state index contributed by atoms with van der Waals surface area (Å²) in [5.41, 5.74) is 7.08. The van der Waals surface area contributed by atoms with Gasteiger partial charge >= 0.3 is 5.82 Å². The quantitative estimate of drug-likeness (QED) is 0.537. The van der Waals surface area contributed by atoms with Crippen molar-refractivity contribution in [1.82, 2.24) is 9.55 Å². The second-order valence-electron chi connectivity index (χ2n) is 7.11. The van der Waals surface area contributed by atoms with Crippen LogP contribution in [0.15, 0.2) is 30.5 Å². The maximum Gasteiger partial charge on any atom is 0.381 e. The van der Waals surface area contributed by atoms with E-state index >= 15 is 0 Å². The molecule has 1 aromatic carbocycles. The molecule has 29 heavy (non-hydrogen) atoms. The molecular weight excluding hydrogens is 376 g/mol. The molecule has 0 radical (unpaired) electrons. The minimum absolute atomic E-state index is 0.0506. The molecule has 0 saturated carbocycles. The number of carbonyl (C=O) groups excluding carboxylic acids is 2. The number of rotatable bonds is 7. The van der Waals surface area contributed by atoms with Crippen molar-refractivity contribution in [2.24, 2.45) is 11.7 Å². The summed E-state index contributed by atoms with van der Waals surface area (Å²) in [6, 6.07) is 7.54. The van der Waals surface area contributed by atoms with Gasteiger partial charge in [-0.1, -0.05) is 0 Å². The zero-order valence-corrected chi connectivity index (χ0v) is 16.2. The first-order chi connectivity index (χ1) is 13.8. The first kappa shape index (κ1) is 20.3. The molecule has 2 amide bonds.